The van der Waals surface area contributed by atoms with Crippen molar-refractivity contribution >= 4 is 17.9 Å². The van der Waals surface area contributed by atoms with Crippen LogP contribution in [0, 0.1) is 0 Å². The van der Waals surface area contributed by atoms with E-state index in [1.165, 1.54) is 340 Å². The number of unbranched alkanes of at least 4 members (excludes halogenated alkanes) is 59. The van der Waals surface area contributed by atoms with E-state index in [0.29, 0.717) is 19.3 Å². The van der Waals surface area contributed by atoms with Gasteiger partial charge in [-0.1, -0.05) is 392 Å². The number of ether oxygens (including phenoxy) is 3. The monoisotopic (exact) mass is 1170 g/mol. The third-order valence-corrected chi connectivity index (χ3v) is 17.8. The van der Waals surface area contributed by atoms with Crippen LogP contribution >= 0.6 is 0 Å². The summed E-state index contributed by atoms with van der Waals surface area (Å²) in [5.41, 5.74) is 0. The molecule has 0 aliphatic carbocycles. The van der Waals surface area contributed by atoms with Crippen molar-refractivity contribution in [3.63, 3.8) is 0 Å². The largest absolute Gasteiger partial charge is 0.462 e. The van der Waals surface area contributed by atoms with E-state index in [1.54, 1.807) is 0 Å². The molecule has 0 saturated carbocycles. The molecule has 0 aromatic rings. The van der Waals surface area contributed by atoms with Crippen LogP contribution in [0.25, 0.3) is 0 Å². The van der Waals surface area contributed by atoms with E-state index in [2.05, 4.69) is 32.9 Å². The van der Waals surface area contributed by atoms with Crippen LogP contribution in [-0.2, 0) is 28.6 Å². The number of rotatable bonds is 72. The van der Waals surface area contributed by atoms with Crippen LogP contribution in [0.5, 0.6) is 0 Å². The van der Waals surface area contributed by atoms with Gasteiger partial charge in [0.15, 0.2) is 6.10 Å². The van der Waals surface area contributed by atoms with Crippen LogP contribution in [-0.4, -0.2) is 37.2 Å². The molecule has 1 atom stereocenters. The Morgan fingerprint density at radius 1 is 0.229 bits per heavy atom. The summed E-state index contributed by atoms with van der Waals surface area (Å²) in [6.07, 6.45) is 89.1. The molecule has 0 heterocycles. The van der Waals surface area contributed by atoms with Crippen molar-refractivity contribution in [1.82, 2.24) is 0 Å². The minimum absolute atomic E-state index is 0.0636. The number of hydrogen-bond acceptors (Lipinski definition) is 6. The van der Waals surface area contributed by atoms with Crippen molar-refractivity contribution in [3.8, 4) is 0 Å². The highest BCUT2D eigenvalue weighted by Crippen LogP contribution is 2.20. The molecule has 0 aromatic carbocycles. The average Bonchev–Trinajstić information content (AvgIpc) is 3.48. The summed E-state index contributed by atoms with van der Waals surface area (Å²) in [6, 6.07) is 0. The van der Waals surface area contributed by atoms with Gasteiger partial charge >= 0.3 is 17.9 Å². The molecule has 1 unspecified atom stereocenters. The summed E-state index contributed by atoms with van der Waals surface area (Å²) in [4.78, 5) is 38.1. The summed E-state index contributed by atoms with van der Waals surface area (Å²) in [5, 5.41) is 0. The molecule has 0 aliphatic heterocycles. The van der Waals surface area contributed by atoms with Crippen LogP contribution in [0.2, 0.25) is 0 Å². The molecular weight excluding hydrogens is 1020 g/mol. The van der Waals surface area contributed by atoms with Crippen molar-refractivity contribution in [2.24, 2.45) is 0 Å². The lowest BCUT2D eigenvalue weighted by molar-refractivity contribution is -0.167. The normalized spacial score (nSPS) is 12.0. The molecular formula is C77H148O6. The van der Waals surface area contributed by atoms with Crippen LogP contribution in [0.4, 0.5) is 0 Å². The molecule has 0 fully saturated rings. The third-order valence-electron chi connectivity index (χ3n) is 17.8. The predicted octanol–water partition coefficient (Wildman–Crippen LogP) is 26.3. The van der Waals surface area contributed by atoms with E-state index in [4.69, 9.17) is 14.2 Å². The first-order chi connectivity index (χ1) is 41.0. The number of esters is 3. The summed E-state index contributed by atoms with van der Waals surface area (Å²) in [7, 11) is 0. The second kappa shape index (κ2) is 72.6. The fourth-order valence-electron chi connectivity index (χ4n) is 12.0. The highest BCUT2D eigenvalue weighted by atomic mass is 16.6. The van der Waals surface area contributed by atoms with Crippen LogP contribution in [0.1, 0.15) is 445 Å². The van der Waals surface area contributed by atoms with Crippen molar-refractivity contribution in [2.45, 2.75) is 451 Å². The minimum atomic E-state index is -0.763. The Bertz CT molecular complexity index is 1300. The van der Waals surface area contributed by atoms with Crippen LogP contribution in [0.15, 0.2) is 12.2 Å². The zero-order valence-electron chi connectivity index (χ0n) is 56.8. The first kappa shape index (κ1) is 81.2. The lowest BCUT2D eigenvalue weighted by Gasteiger charge is -2.18. The molecule has 0 bridgehead atoms. The topological polar surface area (TPSA) is 78.9 Å². The Hall–Kier alpha value is -1.85. The van der Waals surface area contributed by atoms with E-state index in [1.807, 2.05) is 0 Å². The molecule has 0 N–H and O–H groups in total. The van der Waals surface area contributed by atoms with Gasteiger partial charge in [0.2, 0.25) is 0 Å². The van der Waals surface area contributed by atoms with Gasteiger partial charge in [0.05, 0.1) is 0 Å². The van der Waals surface area contributed by atoms with Gasteiger partial charge in [-0.15, -0.1) is 0 Å². The Morgan fingerprint density at radius 3 is 0.602 bits per heavy atom. The first-order valence-corrected chi connectivity index (χ1v) is 38.2. The molecule has 0 radical (unpaired) electrons. The molecule has 0 aliphatic rings. The summed E-state index contributed by atoms with van der Waals surface area (Å²) >= 11 is 0. The van der Waals surface area contributed by atoms with Gasteiger partial charge < -0.3 is 14.2 Å². The lowest BCUT2D eigenvalue weighted by atomic mass is 10.0. The van der Waals surface area contributed by atoms with Crippen LogP contribution in [0.3, 0.4) is 0 Å². The SMILES string of the molecule is CCCCCCCCCC/C=C\CCCCCCCCCCCCCCCCCCCC(=O)OC(COC(=O)CCCCCCC)COC(=O)CCCCCCCCCCCCCCCCCCCCCCCCCCCCCCCCC. The van der Waals surface area contributed by atoms with Gasteiger partial charge in [-0.3, -0.25) is 14.4 Å². The number of carbonyl (C=O) groups excluding carboxylic acids is 3. The fourth-order valence-corrected chi connectivity index (χ4v) is 12.0. The molecule has 83 heavy (non-hydrogen) atoms. The molecule has 0 saturated heterocycles. The maximum Gasteiger partial charge on any atom is 0.306 e. The Morgan fingerprint density at radius 2 is 0.398 bits per heavy atom. The molecule has 0 rings (SSSR count). The molecule has 0 aromatic heterocycles. The minimum Gasteiger partial charge on any atom is -0.462 e. The number of carbonyl (C=O) groups is 3. The Balaban J connectivity index is 3.86. The molecule has 492 valence electrons. The molecule has 0 amide bonds. The Labute approximate surface area is 520 Å². The fraction of sp³-hybridized carbons (Fsp3) is 0.935. The van der Waals surface area contributed by atoms with Gasteiger partial charge in [0.25, 0.3) is 0 Å². The van der Waals surface area contributed by atoms with Gasteiger partial charge in [0, 0.05) is 19.3 Å². The molecule has 0 spiro atoms. The zero-order chi connectivity index (χ0) is 59.9. The average molecular weight is 1170 g/mol. The summed E-state index contributed by atoms with van der Waals surface area (Å²) in [5.74, 6) is -0.844. The van der Waals surface area contributed by atoms with Crippen molar-refractivity contribution in [2.75, 3.05) is 13.2 Å². The van der Waals surface area contributed by atoms with E-state index in [0.717, 1.165) is 64.2 Å². The van der Waals surface area contributed by atoms with Gasteiger partial charge in [-0.05, 0) is 44.9 Å². The number of hydrogen-bond donors (Lipinski definition) is 0. The molecule has 6 nitrogen and oxygen atoms in total. The van der Waals surface area contributed by atoms with E-state index in [-0.39, 0.29) is 31.1 Å². The second-order valence-electron chi connectivity index (χ2n) is 26.3. The van der Waals surface area contributed by atoms with Crippen LogP contribution < -0.4 is 0 Å². The maximum absolute atomic E-state index is 12.9. The van der Waals surface area contributed by atoms with Crippen molar-refractivity contribution in [1.29, 1.82) is 0 Å². The molecule has 6 heteroatoms. The van der Waals surface area contributed by atoms with E-state index in [9.17, 15) is 14.4 Å². The standard InChI is InChI=1S/C77H148O6/c1-4-7-10-13-15-17-19-21-23-25-27-29-31-33-35-37-38-40-41-43-45-47-49-51-53-55-57-59-61-64-67-70-76(79)82-73-74(72-81-75(78)69-66-63-12-9-6-3)83-77(80)71-68-65-62-60-58-56-54-52-50-48-46-44-42-39-36-34-32-30-28-26-24-22-20-18-16-14-11-8-5-2/h26,28,74H,4-25,27,29-73H2,1-3H3/b28-26-. The van der Waals surface area contributed by atoms with Gasteiger partial charge in [0.1, 0.15) is 13.2 Å². The summed E-state index contributed by atoms with van der Waals surface area (Å²) in [6.45, 7) is 6.65. The van der Waals surface area contributed by atoms with Gasteiger partial charge in [-0.2, -0.15) is 0 Å². The summed E-state index contributed by atoms with van der Waals surface area (Å²) < 4.78 is 16.9. The third kappa shape index (κ3) is 70.8. The maximum atomic E-state index is 12.9. The van der Waals surface area contributed by atoms with Crippen molar-refractivity contribution in [3.05, 3.63) is 12.2 Å². The predicted molar refractivity (Wildman–Crippen MR) is 363 cm³/mol. The first-order valence-electron chi connectivity index (χ1n) is 38.2. The van der Waals surface area contributed by atoms with E-state index < -0.39 is 6.10 Å². The second-order valence-corrected chi connectivity index (χ2v) is 26.3. The highest BCUT2D eigenvalue weighted by molar-refractivity contribution is 5.71. The smallest absolute Gasteiger partial charge is 0.306 e. The van der Waals surface area contributed by atoms with E-state index >= 15 is 0 Å². The highest BCUT2D eigenvalue weighted by Gasteiger charge is 2.20. The van der Waals surface area contributed by atoms with Crippen molar-refractivity contribution < 1.29 is 28.6 Å². The zero-order valence-corrected chi connectivity index (χ0v) is 56.8. The lowest BCUT2D eigenvalue weighted by Crippen LogP contribution is -2.30. The quantitative estimate of drug-likeness (QED) is 0.0261. The Kier molecular flexibility index (Phi) is 71.0. The number of allylic oxidation sites excluding steroid dienone is 2. The van der Waals surface area contributed by atoms with Gasteiger partial charge in [-0.25, -0.2) is 0 Å².